The van der Waals surface area contributed by atoms with Crippen LogP contribution in [-0.2, 0) is 0 Å². The van der Waals surface area contributed by atoms with Gasteiger partial charge in [-0.05, 0) is 18.2 Å². The molecule has 0 amide bonds. The van der Waals surface area contributed by atoms with E-state index in [2.05, 4.69) is 20.3 Å². The number of nitrogens with two attached hydrogens (primary N) is 1. The number of nitrogens with one attached hydrogen (secondary N) is 1. The van der Waals surface area contributed by atoms with Crippen LogP contribution in [0.3, 0.4) is 0 Å². The number of methoxy groups -OCH3 is 1. The first-order valence-electron chi connectivity index (χ1n) is 7.19. The first-order chi connectivity index (χ1) is 11.2. The Bertz CT molecular complexity index is 861. The Labute approximate surface area is 132 Å². The van der Waals surface area contributed by atoms with Crippen LogP contribution in [0.4, 0.5) is 11.4 Å². The van der Waals surface area contributed by atoms with Crippen LogP contribution in [0.25, 0.3) is 11.0 Å². The molecule has 4 rings (SSSR count). The van der Waals surface area contributed by atoms with Crippen molar-refractivity contribution in [3.8, 4) is 11.6 Å². The van der Waals surface area contributed by atoms with Crippen molar-refractivity contribution in [3.05, 3.63) is 42.4 Å². The van der Waals surface area contributed by atoms with Crippen LogP contribution in [0, 0.1) is 0 Å². The lowest BCUT2D eigenvalue weighted by atomic mass is 10.1. The third kappa shape index (κ3) is 2.36. The molecule has 3 aromatic rings. The van der Waals surface area contributed by atoms with Gasteiger partial charge in [-0.15, -0.1) is 0 Å². The second-order valence-electron chi connectivity index (χ2n) is 5.24. The van der Waals surface area contributed by atoms with Gasteiger partial charge in [0.25, 0.3) is 0 Å². The summed E-state index contributed by atoms with van der Waals surface area (Å²) < 4.78 is 11.0. The fourth-order valence-electron chi connectivity index (χ4n) is 2.57. The maximum absolute atomic E-state index is 5.83. The Balaban J connectivity index is 1.77. The zero-order valence-electron chi connectivity index (χ0n) is 12.5. The minimum absolute atomic E-state index is 0.0818. The first-order valence-corrected chi connectivity index (χ1v) is 7.19. The van der Waals surface area contributed by atoms with Gasteiger partial charge in [0, 0.05) is 6.07 Å². The third-order valence-electron chi connectivity index (χ3n) is 3.75. The molecular weight excluding hydrogens is 294 g/mol. The molecule has 0 fully saturated rings. The van der Waals surface area contributed by atoms with Gasteiger partial charge < -0.3 is 20.5 Å². The van der Waals surface area contributed by atoms with Gasteiger partial charge in [0.15, 0.2) is 5.75 Å². The van der Waals surface area contributed by atoms with Gasteiger partial charge in [-0.2, -0.15) is 0 Å². The average Bonchev–Trinajstić information content (AvgIpc) is 2.61. The lowest BCUT2D eigenvalue weighted by molar-refractivity contribution is 0.284. The van der Waals surface area contributed by atoms with Crippen molar-refractivity contribution < 1.29 is 9.47 Å². The Morgan fingerprint density at radius 2 is 2.13 bits per heavy atom. The monoisotopic (exact) mass is 309 g/mol. The molecule has 0 saturated heterocycles. The van der Waals surface area contributed by atoms with Crippen LogP contribution < -0.4 is 20.5 Å². The highest BCUT2D eigenvalue weighted by Crippen LogP contribution is 2.37. The van der Waals surface area contributed by atoms with Crippen molar-refractivity contribution in [1.82, 2.24) is 15.0 Å². The number of nitrogens with zero attached hydrogens (tertiary/aromatic N) is 3. The molecule has 3 aromatic heterocycles. The number of rotatable bonds is 2. The summed E-state index contributed by atoms with van der Waals surface area (Å²) in [5.74, 6) is 1.20. The van der Waals surface area contributed by atoms with Crippen molar-refractivity contribution in [2.75, 3.05) is 24.8 Å². The molecule has 7 heteroatoms. The lowest BCUT2D eigenvalue weighted by Gasteiger charge is -2.27. The van der Waals surface area contributed by atoms with Gasteiger partial charge in [0.2, 0.25) is 5.88 Å². The van der Waals surface area contributed by atoms with E-state index in [1.165, 1.54) is 0 Å². The second kappa shape index (κ2) is 5.28. The molecule has 1 aliphatic rings. The minimum atomic E-state index is -0.0818. The van der Waals surface area contributed by atoms with Crippen LogP contribution in [0.5, 0.6) is 11.6 Å². The Morgan fingerprint density at radius 1 is 1.22 bits per heavy atom. The molecule has 23 heavy (non-hydrogen) atoms. The molecule has 1 atom stereocenters. The molecule has 0 saturated carbocycles. The summed E-state index contributed by atoms with van der Waals surface area (Å²) in [5.41, 5.74) is 9.46. The van der Waals surface area contributed by atoms with Crippen molar-refractivity contribution in [2.24, 2.45) is 0 Å². The summed E-state index contributed by atoms with van der Waals surface area (Å²) in [6, 6.07) is 7.28. The lowest BCUT2D eigenvalue weighted by Crippen LogP contribution is -2.25. The quantitative estimate of drug-likeness (QED) is 0.749. The zero-order chi connectivity index (χ0) is 15.8. The van der Waals surface area contributed by atoms with Crippen LogP contribution in [0.15, 0.2) is 36.7 Å². The number of nitrogen functional groups attached to an aromatic ring is 1. The summed E-state index contributed by atoms with van der Waals surface area (Å²) in [6.45, 7) is 0.459. The molecule has 0 spiro atoms. The Hall–Kier alpha value is -3.09. The molecule has 0 aromatic carbocycles. The number of pyridine rings is 3. The Morgan fingerprint density at radius 3 is 2.91 bits per heavy atom. The van der Waals surface area contributed by atoms with E-state index in [0.717, 1.165) is 16.9 Å². The van der Waals surface area contributed by atoms with Crippen molar-refractivity contribution in [2.45, 2.75) is 6.04 Å². The fourth-order valence-corrected chi connectivity index (χ4v) is 2.57. The van der Waals surface area contributed by atoms with E-state index in [0.29, 0.717) is 29.4 Å². The molecule has 0 radical (unpaired) electrons. The topological polar surface area (TPSA) is 95.2 Å². The second-order valence-corrected chi connectivity index (χ2v) is 5.24. The smallest absolute Gasteiger partial charge is 0.213 e. The van der Waals surface area contributed by atoms with Gasteiger partial charge in [-0.1, -0.05) is 0 Å². The van der Waals surface area contributed by atoms with E-state index in [4.69, 9.17) is 15.2 Å². The van der Waals surface area contributed by atoms with Crippen LogP contribution in [-0.4, -0.2) is 28.7 Å². The average molecular weight is 309 g/mol. The van der Waals surface area contributed by atoms with Crippen LogP contribution >= 0.6 is 0 Å². The van der Waals surface area contributed by atoms with E-state index in [1.54, 1.807) is 25.6 Å². The fraction of sp³-hybridized carbons (Fsp3) is 0.188. The predicted molar refractivity (Wildman–Crippen MR) is 86.6 cm³/mol. The number of hydrogen-bond acceptors (Lipinski definition) is 7. The highest BCUT2D eigenvalue weighted by Gasteiger charge is 2.24. The standard InChI is InChI=1S/C16H15N5O2/c1-22-14-5-4-11-15(21-14)16-13(7-19-11)23-8-12(20-16)10-3-2-9(17)6-18-10/h2-7,12,20H,8,17H2,1H3. The van der Waals surface area contributed by atoms with Gasteiger partial charge in [-0.25, -0.2) is 4.98 Å². The maximum Gasteiger partial charge on any atom is 0.213 e. The van der Waals surface area contributed by atoms with E-state index in [9.17, 15) is 0 Å². The number of aromatic nitrogens is 3. The summed E-state index contributed by atoms with van der Waals surface area (Å²) in [6.07, 6.45) is 3.34. The Kier molecular flexibility index (Phi) is 3.11. The van der Waals surface area contributed by atoms with Crippen LogP contribution in [0.2, 0.25) is 0 Å². The summed E-state index contributed by atoms with van der Waals surface area (Å²) in [7, 11) is 1.59. The molecule has 116 valence electrons. The van der Waals surface area contributed by atoms with Gasteiger partial charge in [-0.3, -0.25) is 9.97 Å². The van der Waals surface area contributed by atoms with Crippen molar-refractivity contribution >= 4 is 22.4 Å². The normalized spacial score (nSPS) is 16.3. The van der Waals surface area contributed by atoms with E-state index in [-0.39, 0.29) is 6.04 Å². The predicted octanol–water partition coefficient (Wildman–Crippen LogP) is 2.16. The summed E-state index contributed by atoms with van der Waals surface area (Å²) >= 11 is 0. The molecular formula is C16H15N5O2. The maximum atomic E-state index is 5.83. The summed E-state index contributed by atoms with van der Waals surface area (Å²) in [4.78, 5) is 13.2. The molecule has 1 unspecified atom stereocenters. The van der Waals surface area contributed by atoms with Crippen LogP contribution in [0.1, 0.15) is 11.7 Å². The SMILES string of the molecule is COc1ccc2ncc3c(c2n1)NC(c1ccc(N)cn1)CO3. The van der Waals surface area contributed by atoms with Gasteiger partial charge in [0.05, 0.1) is 36.4 Å². The number of hydrogen-bond donors (Lipinski definition) is 2. The minimum Gasteiger partial charge on any atom is -0.487 e. The molecule has 7 nitrogen and oxygen atoms in total. The number of ether oxygens (including phenoxy) is 2. The molecule has 0 bridgehead atoms. The highest BCUT2D eigenvalue weighted by molar-refractivity contribution is 5.91. The summed E-state index contributed by atoms with van der Waals surface area (Å²) in [5, 5.41) is 3.44. The highest BCUT2D eigenvalue weighted by atomic mass is 16.5. The van der Waals surface area contributed by atoms with Gasteiger partial charge in [0.1, 0.15) is 23.9 Å². The van der Waals surface area contributed by atoms with Crippen molar-refractivity contribution in [1.29, 1.82) is 0 Å². The van der Waals surface area contributed by atoms with E-state index >= 15 is 0 Å². The molecule has 3 N–H and O–H groups in total. The molecule has 0 aliphatic carbocycles. The van der Waals surface area contributed by atoms with E-state index in [1.807, 2.05) is 18.2 Å². The number of anilines is 2. The van der Waals surface area contributed by atoms with Gasteiger partial charge >= 0.3 is 0 Å². The van der Waals surface area contributed by atoms with E-state index < -0.39 is 0 Å². The van der Waals surface area contributed by atoms with Crippen molar-refractivity contribution in [3.63, 3.8) is 0 Å². The number of fused-ring (bicyclic) bond motifs is 3. The zero-order valence-corrected chi connectivity index (χ0v) is 12.5. The first kappa shape index (κ1) is 13.6. The molecule has 4 heterocycles. The largest absolute Gasteiger partial charge is 0.487 e. The molecule has 1 aliphatic heterocycles. The third-order valence-corrected chi connectivity index (χ3v) is 3.75.